The molecular formula is C16H28N2O5. The number of hydrogen-bond acceptors (Lipinski definition) is 6. The number of hydrogen-bond donors (Lipinski definition) is 3. The van der Waals surface area contributed by atoms with Gasteiger partial charge in [0.25, 0.3) is 0 Å². The number of methoxy groups -OCH3 is 2. The van der Waals surface area contributed by atoms with Crippen LogP contribution in [0.2, 0.25) is 0 Å². The van der Waals surface area contributed by atoms with E-state index in [-0.39, 0.29) is 6.61 Å². The average Bonchev–Trinajstić information content (AvgIpc) is 2.57. The number of carbonyl (C=O) groups is 1. The summed E-state index contributed by atoms with van der Waals surface area (Å²) in [5, 5.41) is 15.2. The minimum absolute atomic E-state index is 0.211. The van der Waals surface area contributed by atoms with Gasteiger partial charge >= 0.3 is 0 Å². The molecule has 0 radical (unpaired) electrons. The molecule has 0 saturated carbocycles. The number of amides is 1. The van der Waals surface area contributed by atoms with Crippen molar-refractivity contribution in [1.82, 2.24) is 10.6 Å². The van der Waals surface area contributed by atoms with Gasteiger partial charge in [-0.05, 0) is 12.1 Å². The lowest BCUT2D eigenvalue weighted by Gasteiger charge is -2.16. The summed E-state index contributed by atoms with van der Waals surface area (Å²) in [5.41, 5.74) is 0. The van der Waals surface area contributed by atoms with E-state index in [1.54, 1.807) is 39.5 Å². The molecule has 0 spiro atoms. The van der Waals surface area contributed by atoms with Crippen LogP contribution in [0.5, 0.6) is 17.2 Å². The third-order valence-electron chi connectivity index (χ3n) is 2.68. The molecule has 23 heavy (non-hydrogen) atoms. The molecule has 0 bridgehead atoms. The van der Waals surface area contributed by atoms with Gasteiger partial charge in [0.2, 0.25) is 6.41 Å². The van der Waals surface area contributed by atoms with Crippen LogP contribution in [-0.2, 0) is 4.79 Å². The first kappa shape index (κ1) is 21.0. The van der Waals surface area contributed by atoms with Crippen LogP contribution in [0.15, 0.2) is 18.2 Å². The molecule has 132 valence electrons. The zero-order chi connectivity index (χ0) is 17.7. The van der Waals surface area contributed by atoms with Gasteiger partial charge in [-0.2, -0.15) is 0 Å². The van der Waals surface area contributed by atoms with Crippen molar-refractivity contribution < 1.29 is 24.1 Å². The van der Waals surface area contributed by atoms with Crippen LogP contribution >= 0.6 is 0 Å². The first-order valence-corrected chi connectivity index (χ1v) is 7.35. The van der Waals surface area contributed by atoms with E-state index >= 15 is 0 Å². The fourth-order valence-electron chi connectivity index (χ4n) is 1.51. The fourth-order valence-corrected chi connectivity index (χ4v) is 1.51. The Bertz CT molecular complexity index is 440. The molecule has 7 nitrogen and oxygen atoms in total. The number of aliphatic hydroxyl groups is 1. The third kappa shape index (κ3) is 9.59. The highest BCUT2D eigenvalue weighted by molar-refractivity contribution is 5.45. The van der Waals surface area contributed by atoms with E-state index in [1.807, 2.05) is 13.8 Å². The Morgan fingerprint density at radius 2 is 1.87 bits per heavy atom. The molecule has 1 aromatic carbocycles. The van der Waals surface area contributed by atoms with E-state index in [0.29, 0.717) is 36.2 Å². The van der Waals surface area contributed by atoms with Crippen LogP contribution in [-0.4, -0.2) is 58.1 Å². The lowest BCUT2D eigenvalue weighted by atomic mass is 10.3. The van der Waals surface area contributed by atoms with Gasteiger partial charge < -0.3 is 30.0 Å². The predicted octanol–water partition coefficient (Wildman–Crippen LogP) is 0.804. The average molecular weight is 328 g/mol. The molecule has 0 aliphatic carbocycles. The fraction of sp³-hybridized carbons (Fsp3) is 0.562. The molecule has 0 aromatic heterocycles. The summed E-state index contributed by atoms with van der Waals surface area (Å²) in [5.74, 6) is 1.88. The normalized spacial score (nSPS) is 11.1. The summed E-state index contributed by atoms with van der Waals surface area (Å²) in [4.78, 5) is 9.06. The maximum Gasteiger partial charge on any atom is 0.206 e. The van der Waals surface area contributed by atoms with Gasteiger partial charge in [0.1, 0.15) is 18.5 Å². The standard InChI is InChI=1S/C14H23NO4.C2H5NO/c1-10(2)15-8-11(16)9-19-13-6-5-12(17-3)7-14(13)18-4;1-3-2-4/h5-7,10-11,15-16H,8-9H2,1-4H3;2H,1H3,(H,3,4). The first-order valence-electron chi connectivity index (χ1n) is 7.35. The van der Waals surface area contributed by atoms with Crippen LogP contribution in [0.4, 0.5) is 0 Å². The summed E-state index contributed by atoms with van der Waals surface area (Å²) >= 11 is 0. The highest BCUT2D eigenvalue weighted by Crippen LogP contribution is 2.31. The first-order chi connectivity index (χ1) is 11.0. The zero-order valence-electron chi connectivity index (χ0n) is 14.5. The monoisotopic (exact) mass is 328 g/mol. The Labute approximate surface area is 137 Å². The third-order valence-corrected chi connectivity index (χ3v) is 2.68. The number of rotatable bonds is 9. The van der Waals surface area contributed by atoms with E-state index in [2.05, 4.69) is 10.6 Å². The van der Waals surface area contributed by atoms with Crippen LogP contribution < -0.4 is 24.8 Å². The molecule has 1 aromatic rings. The van der Waals surface area contributed by atoms with E-state index in [9.17, 15) is 5.11 Å². The van der Waals surface area contributed by atoms with Crippen molar-refractivity contribution in [3.05, 3.63) is 18.2 Å². The van der Waals surface area contributed by atoms with Gasteiger partial charge in [0.05, 0.1) is 14.2 Å². The highest BCUT2D eigenvalue weighted by Gasteiger charge is 2.10. The second-order valence-electron chi connectivity index (χ2n) is 4.95. The lowest BCUT2D eigenvalue weighted by Crippen LogP contribution is -2.35. The summed E-state index contributed by atoms with van der Waals surface area (Å²) in [6.07, 6.45) is 0.0641. The van der Waals surface area contributed by atoms with E-state index < -0.39 is 6.10 Å². The highest BCUT2D eigenvalue weighted by atomic mass is 16.5. The molecule has 1 amide bonds. The van der Waals surface area contributed by atoms with Crippen LogP contribution in [0.1, 0.15) is 13.8 Å². The number of nitrogens with one attached hydrogen (secondary N) is 2. The van der Waals surface area contributed by atoms with Crippen LogP contribution in [0, 0.1) is 0 Å². The molecule has 7 heteroatoms. The Morgan fingerprint density at radius 1 is 1.22 bits per heavy atom. The zero-order valence-corrected chi connectivity index (χ0v) is 14.5. The van der Waals surface area contributed by atoms with Crippen molar-refractivity contribution in [2.75, 3.05) is 34.4 Å². The number of carbonyl (C=O) groups excluding carboxylic acids is 1. The Hall–Kier alpha value is -1.99. The van der Waals surface area contributed by atoms with E-state index in [4.69, 9.17) is 19.0 Å². The van der Waals surface area contributed by atoms with Crippen LogP contribution in [0.25, 0.3) is 0 Å². The van der Waals surface area contributed by atoms with Crippen molar-refractivity contribution in [1.29, 1.82) is 0 Å². The van der Waals surface area contributed by atoms with Gasteiger partial charge in [-0.25, -0.2) is 0 Å². The Kier molecular flexibility index (Phi) is 11.5. The maximum atomic E-state index is 9.77. The van der Waals surface area contributed by atoms with Gasteiger partial charge in [-0.3, -0.25) is 4.79 Å². The predicted molar refractivity (Wildman–Crippen MR) is 89.3 cm³/mol. The van der Waals surface area contributed by atoms with Crippen molar-refractivity contribution in [2.45, 2.75) is 26.0 Å². The number of benzene rings is 1. The van der Waals surface area contributed by atoms with E-state index in [0.717, 1.165) is 0 Å². The lowest BCUT2D eigenvalue weighted by molar-refractivity contribution is -0.109. The summed E-state index contributed by atoms with van der Waals surface area (Å²) in [6.45, 7) is 4.76. The number of ether oxygens (including phenoxy) is 3. The van der Waals surface area contributed by atoms with Gasteiger partial charge in [-0.15, -0.1) is 0 Å². The van der Waals surface area contributed by atoms with Gasteiger partial charge in [0, 0.05) is 25.7 Å². The molecular weight excluding hydrogens is 300 g/mol. The minimum Gasteiger partial charge on any atom is -0.497 e. The quantitative estimate of drug-likeness (QED) is 0.581. The summed E-state index contributed by atoms with van der Waals surface area (Å²) < 4.78 is 15.9. The molecule has 1 unspecified atom stereocenters. The van der Waals surface area contributed by atoms with Gasteiger partial charge in [-0.1, -0.05) is 13.8 Å². The summed E-state index contributed by atoms with van der Waals surface area (Å²) in [6, 6.07) is 5.63. The van der Waals surface area contributed by atoms with Crippen molar-refractivity contribution >= 4 is 6.41 Å². The van der Waals surface area contributed by atoms with E-state index in [1.165, 1.54) is 0 Å². The second-order valence-corrected chi connectivity index (χ2v) is 4.95. The molecule has 1 rings (SSSR count). The van der Waals surface area contributed by atoms with Crippen molar-refractivity contribution in [2.24, 2.45) is 0 Å². The number of aliphatic hydroxyl groups excluding tert-OH is 1. The Balaban J connectivity index is 0.00000108. The molecule has 0 heterocycles. The molecule has 0 aliphatic rings. The van der Waals surface area contributed by atoms with Crippen molar-refractivity contribution in [3.63, 3.8) is 0 Å². The van der Waals surface area contributed by atoms with Crippen molar-refractivity contribution in [3.8, 4) is 17.2 Å². The molecule has 0 aliphatic heterocycles. The molecule has 0 fully saturated rings. The molecule has 0 saturated heterocycles. The maximum absolute atomic E-state index is 9.77. The largest absolute Gasteiger partial charge is 0.497 e. The van der Waals surface area contributed by atoms with Gasteiger partial charge in [0.15, 0.2) is 11.5 Å². The van der Waals surface area contributed by atoms with Crippen LogP contribution in [0.3, 0.4) is 0 Å². The summed E-state index contributed by atoms with van der Waals surface area (Å²) in [7, 11) is 4.72. The molecule has 3 N–H and O–H groups in total. The second kappa shape index (κ2) is 12.5. The molecule has 1 atom stereocenters. The SMILES string of the molecule is CNC=O.COc1ccc(OCC(O)CNC(C)C)c(OC)c1. The smallest absolute Gasteiger partial charge is 0.206 e. The topological polar surface area (TPSA) is 89.1 Å². The Morgan fingerprint density at radius 3 is 2.35 bits per heavy atom. The minimum atomic E-state index is -0.561.